The van der Waals surface area contributed by atoms with Gasteiger partial charge in [0.05, 0.1) is 0 Å². The lowest BCUT2D eigenvalue weighted by molar-refractivity contribution is 1.46. The quantitative estimate of drug-likeness (QED) is 0.563. The molecule has 0 aliphatic carbocycles. The third kappa shape index (κ3) is 1.70. The molecule has 0 nitrogen and oxygen atoms in total. The van der Waals surface area contributed by atoms with Gasteiger partial charge in [0, 0.05) is 8.47 Å². The second-order valence-corrected chi connectivity index (χ2v) is 4.73. The molecule has 0 aliphatic rings. The fourth-order valence-electron chi connectivity index (χ4n) is 1.37. The van der Waals surface area contributed by atoms with Crippen molar-refractivity contribution in [2.45, 2.75) is 4.90 Å². The number of thioether (sulfide) groups is 1. The average Bonchev–Trinajstić information content (AvgIpc) is 2.19. The second-order valence-electron chi connectivity index (χ2n) is 2.80. The van der Waals surface area contributed by atoms with Crippen molar-refractivity contribution in [3.05, 3.63) is 40.0 Å². The third-order valence-electron chi connectivity index (χ3n) is 2.05. The van der Waals surface area contributed by atoms with Crippen molar-refractivity contribution in [3.63, 3.8) is 0 Å². The van der Waals surface area contributed by atoms with Crippen molar-refractivity contribution in [1.29, 1.82) is 0 Å². The molecule has 0 N–H and O–H groups in total. The molecule has 2 rings (SSSR count). The smallest absolute Gasteiger partial charge is 0.0344 e. The molecule has 0 amide bonds. The Hall–Kier alpha value is -0.220. The summed E-state index contributed by atoms with van der Waals surface area (Å²) in [6.45, 7) is 0. The zero-order valence-corrected chi connectivity index (χ0v) is 10.2. The molecule has 2 aromatic carbocycles. The van der Waals surface area contributed by atoms with E-state index < -0.39 is 0 Å². The van der Waals surface area contributed by atoms with Gasteiger partial charge in [-0.05, 0) is 45.7 Å². The highest BCUT2D eigenvalue weighted by Crippen LogP contribution is 2.29. The standard InChI is InChI=1S/C11H9IS/c1-13-10-7-6-8-4-2-3-5-9(8)11(10)12/h2-7H,1H3. The van der Waals surface area contributed by atoms with E-state index in [1.807, 2.05) is 0 Å². The van der Waals surface area contributed by atoms with E-state index in [1.54, 1.807) is 11.8 Å². The summed E-state index contributed by atoms with van der Waals surface area (Å²) in [6, 6.07) is 12.9. The number of benzene rings is 2. The zero-order valence-electron chi connectivity index (χ0n) is 7.25. The van der Waals surface area contributed by atoms with Crippen LogP contribution >= 0.6 is 34.4 Å². The highest BCUT2D eigenvalue weighted by molar-refractivity contribution is 14.1. The van der Waals surface area contributed by atoms with E-state index in [0.29, 0.717) is 0 Å². The molecule has 2 heteroatoms. The van der Waals surface area contributed by atoms with Crippen LogP contribution in [0.3, 0.4) is 0 Å². The number of rotatable bonds is 1. The van der Waals surface area contributed by atoms with Crippen LogP contribution in [0.4, 0.5) is 0 Å². The van der Waals surface area contributed by atoms with E-state index in [1.165, 1.54) is 19.2 Å². The summed E-state index contributed by atoms with van der Waals surface area (Å²) < 4.78 is 1.36. The number of hydrogen-bond donors (Lipinski definition) is 0. The molecular weight excluding hydrogens is 291 g/mol. The summed E-state index contributed by atoms with van der Waals surface area (Å²) in [7, 11) is 0. The van der Waals surface area contributed by atoms with Crippen LogP contribution in [-0.4, -0.2) is 6.26 Å². The van der Waals surface area contributed by atoms with Crippen LogP contribution in [0.25, 0.3) is 10.8 Å². The van der Waals surface area contributed by atoms with Gasteiger partial charge in [-0.15, -0.1) is 11.8 Å². The van der Waals surface area contributed by atoms with Crippen LogP contribution in [0.5, 0.6) is 0 Å². The number of hydrogen-bond acceptors (Lipinski definition) is 1. The third-order valence-corrected chi connectivity index (χ3v) is 4.36. The highest BCUT2D eigenvalue weighted by Gasteiger charge is 2.02. The molecule has 0 atom stereocenters. The lowest BCUT2D eigenvalue weighted by Gasteiger charge is -2.04. The molecule has 0 fully saturated rings. The highest BCUT2D eigenvalue weighted by atomic mass is 127. The SMILES string of the molecule is CSc1ccc2ccccc2c1I. The first-order valence-corrected chi connectivity index (χ1v) is 6.34. The molecule has 0 heterocycles. The molecule has 66 valence electrons. The first-order valence-electron chi connectivity index (χ1n) is 4.04. The Kier molecular flexibility index (Phi) is 2.79. The Morgan fingerprint density at radius 2 is 1.85 bits per heavy atom. The Labute approximate surface area is 95.9 Å². The van der Waals surface area contributed by atoms with Crippen molar-refractivity contribution in [1.82, 2.24) is 0 Å². The molecule has 13 heavy (non-hydrogen) atoms. The molecule has 0 aliphatic heterocycles. The van der Waals surface area contributed by atoms with Crippen molar-refractivity contribution < 1.29 is 0 Å². The minimum absolute atomic E-state index is 1.32. The maximum absolute atomic E-state index is 2.42. The molecule has 0 saturated carbocycles. The van der Waals surface area contributed by atoms with Crippen molar-refractivity contribution in [2.24, 2.45) is 0 Å². The summed E-state index contributed by atoms with van der Waals surface area (Å²) in [5.74, 6) is 0. The summed E-state index contributed by atoms with van der Waals surface area (Å²) in [5, 5.41) is 2.68. The molecule has 0 radical (unpaired) electrons. The molecule has 0 saturated heterocycles. The van der Waals surface area contributed by atoms with Gasteiger partial charge in [0.1, 0.15) is 0 Å². The van der Waals surface area contributed by atoms with Gasteiger partial charge in [0.2, 0.25) is 0 Å². The fourth-order valence-corrected chi connectivity index (χ4v) is 3.20. The van der Waals surface area contributed by atoms with E-state index in [2.05, 4.69) is 65.2 Å². The monoisotopic (exact) mass is 300 g/mol. The Morgan fingerprint density at radius 1 is 1.08 bits per heavy atom. The molecular formula is C11H9IS. The lowest BCUT2D eigenvalue weighted by Crippen LogP contribution is -1.81. The van der Waals surface area contributed by atoms with Gasteiger partial charge in [-0.2, -0.15) is 0 Å². The van der Waals surface area contributed by atoms with Gasteiger partial charge in [-0.3, -0.25) is 0 Å². The van der Waals surface area contributed by atoms with Crippen LogP contribution < -0.4 is 0 Å². The van der Waals surface area contributed by atoms with Gasteiger partial charge in [0.15, 0.2) is 0 Å². The molecule has 0 unspecified atom stereocenters. The zero-order chi connectivity index (χ0) is 9.26. The van der Waals surface area contributed by atoms with Gasteiger partial charge >= 0.3 is 0 Å². The summed E-state index contributed by atoms with van der Waals surface area (Å²) in [4.78, 5) is 1.36. The minimum atomic E-state index is 1.32. The minimum Gasteiger partial charge on any atom is -0.128 e. The Bertz CT molecular complexity index is 437. The summed E-state index contributed by atoms with van der Waals surface area (Å²) >= 11 is 4.22. The summed E-state index contributed by atoms with van der Waals surface area (Å²) in [6.07, 6.45) is 2.12. The summed E-state index contributed by atoms with van der Waals surface area (Å²) in [5.41, 5.74) is 0. The van der Waals surface area contributed by atoms with Crippen LogP contribution in [0.2, 0.25) is 0 Å². The van der Waals surface area contributed by atoms with Crippen LogP contribution in [-0.2, 0) is 0 Å². The first kappa shape index (κ1) is 9.34. The van der Waals surface area contributed by atoms with E-state index in [9.17, 15) is 0 Å². The van der Waals surface area contributed by atoms with E-state index in [-0.39, 0.29) is 0 Å². The second kappa shape index (κ2) is 3.88. The van der Waals surface area contributed by atoms with Crippen LogP contribution in [0.1, 0.15) is 0 Å². The number of halogens is 1. The van der Waals surface area contributed by atoms with Crippen molar-refractivity contribution in [2.75, 3.05) is 6.26 Å². The predicted octanol–water partition coefficient (Wildman–Crippen LogP) is 4.17. The van der Waals surface area contributed by atoms with Gasteiger partial charge in [-0.1, -0.05) is 30.3 Å². The molecule has 0 bridgehead atoms. The van der Waals surface area contributed by atoms with E-state index in [0.717, 1.165) is 0 Å². The maximum atomic E-state index is 2.42. The average molecular weight is 300 g/mol. The Morgan fingerprint density at radius 3 is 2.62 bits per heavy atom. The predicted molar refractivity (Wildman–Crippen MR) is 68.4 cm³/mol. The largest absolute Gasteiger partial charge is 0.128 e. The molecule has 0 aromatic heterocycles. The molecule has 2 aromatic rings. The fraction of sp³-hybridized carbons (Fsp3) is 0.0909. The maximum Gasteiger partial charge on any atom is 0.0344 e. The number of fused-ring (bicyclic) bond motifs is 1. The topological polar surface area (TPSA) is 0 Å². The van der Waals surface area contributed by atoms with Crippen LogP contribution in [0.15, 0.2) is 41.3 Å². The van der Waals surface area contributed by atoms with Crippen LogP contribution in [0, 0.1) is 3.57 Å². The molecule has 0 spiro atoms. The van der Waals surface area contributed by atoms with Crippen molar-refractivity contribution >= 4 is 45.1 Å². The van der Waals surface area contributed by atoms with Gasteiger partial charge in [-0.25, -0.2) is 0 Å². The van der Waals surface area contributed by atoms with Gasteiger partial charge in [0.25, 0.3) is 0 Å². The lowest BCUT2D eigenvalue weighted by atomic mass is 10.1. The van der Waals surface area contributed by atoms with E-state index in [4.69, 9.17) is 0 Å². The Balaban J connectivity index is 2.79. The van der Waals surface area contributed by atoms with Gasteiger partial charge < -0.3 is 0 Å². The normalized spacial score (nSPS) is 10.6. The first-order chi connectivity index (χ1) is 6.33. The van der Waals surface area contributed by atoms with Crippen molar-refractivity contribution in [3.8, 4) is 0 Å². The van der Waals surface area contributed by atoms with E-state index >= 15 is 0 Å².